The Morgan fingerprint density at radius 3 is 1.10 bits per heavy atom. The molecule has 378 valence electrons. The number of rotatable bonds is 46. The summed E-state index contributed by atoms with van der Waals surface area (Å²) >= 11 is 0. The number of Topliss-reactive ketones (excluding diaryl/α,β-unsaturated/α-hetero) is 1. The highest BCUT2D eigenvalue weighted by Gasteiger charge is 2.29. The summed E-state index contributed by atoms with van der Waals surface area (Å²) in [4.78, 5) is 45.0. The van der Waals surface area contributed by atoms with Crippen LogP contribution in [0, 0.1) is 0 Å². The SMILES string of the molecule is O=C(CCC(=O)C(=O)O)OCCOCCOCCOCCOCCOCCOCCOCCOCCOCCOCCOCCOCCCNC(=O)OCC1c2ccccc2-c2ccccc21. The van der Waals surface area contributed by atoms with E-state index in [-0.39, 0.29) is 25.6 Å². The molecule has 1 amide bonds. The maximum absolute atomic E-state index is 12.3. The van der Waals surface area contributed by atoms with Crippen molar-refractivity contribution in [2.45, 2.75) is 25.2 Å². The molecule has 2 aromatic carbocycles. The van der Waals surface area contributed by atoms with Gasteiger partial charge in [0.15, 0.2) is 0 Å². The normalized spacial score (nSPS) is 11.9. The molecule has 20 nitrogen and oxygen atoms in total. The summed E-state index contributed by atoms with van der Waals surface area (Å²) in [5.41, 5.74) is 4.77. The molecular weight excluding hydrogens is 883 g/mol. The number of esters is 1. The van der Waals surface area contributed by atoms with E-state index in [1.807, 2.05) is 24.3 Å². The summed E-state index contributed by atoms with van der Waals surface area (Å²) in [6, 6.07) is 16.5. The number of alkyl carbamates (subject to hydrolysis) is 1. The highest BCUT2D eigenvalue weighted by atomic mass is 16.6. The van der Waals surface area contributed by atoms with E-state index < -0.39 is 30.2 Å². The number of amides is 1. The van der Waals surface area contributed by atoms with Gasteiger partial charge in [0, 0.05) is 25.5 Å². The highest BCUT2D eigenvalue weighted by molar-refractivity contribution is 6.32. The van der Waals surface area contributed by atoms with E-state index in [9.17, 15) is 19.2 Å². The molecule has 1 aliphatic rings. The molecule has 0 spiro atoms. The molecule has 2 N–H and O–H groups in total. The minimum Gasteiger partial charge on any atom is -0.476 e. The van der Waals surface area contributed by atoms with Crippen LogP contribution >= 0.6 is 0 Å². The lowest BCUT2D eigenvalue weighted by Gasteiger charge is -2.14. The van der Waals surface area contributed by atoms with Gasteiger partial charge in [-0.05, 0) is 28.7 Å². The van der Waals surface area contributed by atoms with Gasteiger partial charge in [0.1, 0.15) is 13.2 Å². The number of carbonyl (C=O) groups excluding carboxylic acids is 3. The Hall–Kier alpha value is -4.16. The van der Waals surface area contributed by atoms with Crippen LogP contribution in [0.4, 0.5) is 4.79 Å². The Balaban J connectivity index is 0.907. The van der Waals surface area contributed by atoms with E-state index in [0.29, 0.717) is 172 Å². The average molecular weight is 954 g/mol. The molecule has 2 aromatic rings. The van der Waals surface area contributed by atoms with Crippen LogP contribution in [0.3, 0.4) is 0 Å². The largest absolute Gasteiger partial charge is 0.476 e. The molecule has 20 heteroatoms. The first kappa shape index (κ1) is 57.2. The summed E-state index contributed by atoms with van der Waals surface area (Å²) in [7, 11) is 0. The monoisotopic (exact) mass is 953 g/mol. The van der Waals surface area contributed by atoms with Gasteiger partial charge in [-0.2, -0.15) is 0 Å². The van der Waals surface area contributed by atoms with Crippen molar-refractivity contribution in [3.63, 3.8) is 0 Å². The molecule has 0 aromatic heterocycles. The second-order valence-corrected chi connectivity index (χ2v) is 14.4. The fourth-order valence-electron chi connectivity index (χ4n) is 6.14. The lowest BCUT2D eigenvalue weighted by molar-refractivity contribution is -0.151. The minimum atomic E-state index is -1.57. The van der Waals surface area contributed by atoms with Crippen molar-refractivity contribution >= 4 is 23.8 Å². The van der Waals surface area contributed by atoms with Crippen molar-refractivity contribution < 1.29 is 90.6 Å². The lowest BCUT2D eigenvalue weighted by atomic mass is 9.98. The van der Waals surface area contributed by atoms with Crippen molar-refractivity contribution in [1.29, 1.82) is 0 Å². The molecule has 0 fully saturated rings. The number of hydrogen-bond acceptors (Lipinski definition) is 18. The van der Waals surface area contributed by atoms with Gasteiger partial charge in [-0.25, -0.2) is 9.59 Å². The van der Waals surface area contributed by atoms with Gasteiger partial charge in [-0.15, -0.1) is 0 Å². The zero-order valence-electron chi connectivity index (χ0n) is 38.7. The third-order valence-electron chi connectivity index (χ3n) is 9.46. The van der Waals surface area contributed by atoms with Crippen molar-refractivity contribution in [3.05, 3.63) is 59.7 Å². The van der Waals surface area contributed by atoms with Crippen LogP contribution < -0.4 is 5.32 Å². The zero-order valence-corrected chi connectivity index (χ0v) is 38.7. The van der Waals surface area contributed by atoms with Gasteiger partial charge in [0.25, 0.3) is 0 Å². The first-order chi connectivity index (χ1) is 33.0. The minimum absolute atomic E-state index is 0.00641. The molecule has 0 radical (unpaired) electrons. The van der Waals surface area contributed by atoms with Gasteiger partial charge in [-0.3, -0.25) is 9.59 Å². The summed E-state index contributed by atoms with van der Waals surface area (Å²) in [5, 5.41) is 11.3. The van der Waals surface area contributed by atoms with E-state index in [4.69, 9.17) is 71.4 Å². The van der Waals surface area contributed by atoms with Gasteiger partial charge < -0.3 is 76.7 Å². The first-order valence-electron chi connectivity index (χ1n) is 22.9. The number of hydrogen-bond donors (Lipinski definition) is 2. The topological polar surface area (TPSA) is 230 Å². The first-order valence-corrected chi connectivity index (χ1v) is 22.9. The highest BCUT2D eigenvalue weighted by Crippen LogP contribution is 2.44. The quantitative estimate of drug-likeness (QED) is 0.0552. The Morgan fingerprint density at radius 2 is 0.746 bits per heavy atom. The summed E-state index contributed by atoms with van der Waals surface area (Å²) < 4.78 is 76.1. The molecule has 0 unspecified atom stereocenters. The molecule has 1 aliphatic carbocycles. The third-order valence-corrected chi connectivity index (χ3v) is 9.46. The van der Waals surface area contributed by atoms with Crippen LogP contribution in [0.15, 0.2) is 48.5 Å². The second kappa shape index (κ2) is 39.8. The number of fused-ring (bicyclic) bond motifs is 3. The Bertz CT molecular complexity index is 1550. The smallest absolute Gasteiger partial charge is 0.407 e. The van der Waals surface area contributed by atoms with Crippen LogP contribution in [0.5, 0.6) is 0 Å². The van der Waals surface area contributed by atoms with E-state index >= 15 is 0 Å². The molecule has 3 rings (SSSR count). The van der Waals surface area contributed by atoms with Crippen LogP contribution in [-0.4, -0.2) is 207 Å². The molecule has 0 aliphatic heterocycles. The standard InChI is InChI=1S/C47H71NO19/c49-44(46(51)52)10-11-45(50)66-37-36-65-35-34-64-33-32-63-31-30-62-29-28-61-27-26-60-25-24-59-23-22-58-21-20-57-19-18-56-17-16-55-15-14-54-13-5-12-48-47(53)67-38-43-41-8-3-1-6-39(41)40-7-2-4-9-42(40)43/h1-4,6-9,43H,5,10-38H2,(H,48,53)(H,51,52). The van der Waals surface area contributed by atoms with Gasteiger partial charge in [0.2, 0.25) is 5.78 Å². The third kappa shape index (κ3) is 28.7. The lowest BCUT2D eigenvalue weighted by Crippen LogP contribution is -2.27. The Morgan fingerprint density at radius 1 is 0.418 bits per heavy atom. The maximum Gasteiger partial charge on any atom is 0.407 e. The predicted molar refractivity (Wildman–Crippen MR) is 240 cm³/mol. The molecule has 0 heterocycles. The van der Waals surface area contributed by atoms with Crippen LogP contribution in [-0.2, 0) is 80.7 Å². The van der Waals surface area contributed by atoms with Crippen LogP contribution in [0.1, 0.15) is 36.3 Å². The van der Waals surface area contributed by atoms with E-state index in [1.54, 1.807) is 0 Å². The summed E-state index contributed by atoms with van der Waals surface area (Å²) in [6.07, 6.45) is -0.426. The Kier molecular flexibility index (Phi) is 34.0. The van der Waals surface area contributed by atoms with E-state index in [0.717, 1.165) is 0 Å². The zero-order chi connectivity index (χ0) is 47.7. The Labute approximate surface area is 393 Å². The summed E-state index contributed by atoms with van der Waals surface area (Å²) in [6.45, 7) is 11.1. The van der Waals surface area contributed by atoms with Crippen molar-refractivity contribution in [2.24, 2.45) is 0 Å². The number of aliphatic carboxylic acids is 1. The average Bonchev–Trinajstić information content (AvgIpc) is 3.66. The van der Waals surface area contributed by atoms with E-state index in [1.165, 1.54) is 22.3 Å². The number of benzene rings is 2. The number of nitrogens with one attached hydrogen (secondary N) is 1. The predicted octanol–water partition coefficient (Wildman–Crippen LogP) is 3.09. The molecule has 67 heavy (non-hydrogen) atoms. The van der Waals surface area contributed by atoms with Crippen LogP contribution in [0.2, 0.25) is 0 Å². The number of carboxylic acid groups (broad SMARTS) is 1. The number of ether oxygens (including phenoxy) is 14. The molecule has 0 saturated heterocycles. The van der Waals surface area contributed by atoms with E-state index in [2.05, 4.69) is 29.6 Å². The molecule has 0 atom stereocenters. The van der Waals surface area contributed by atoms with Gasteiger partial charge in [0.05, 0.1) is 158 Å². The van der Waals surface area contributed by atoms with Crippen molar-refractivity contribution in [3.8, 4) is 11.1 Å². The van der Waals surface area contributed by atoms with Gasteiger partial charge in [-0.1, -0.05) is 48.5 Å². The van der Waals surface area contributed by atoms with Crippen LogP contribution in [0.25, 0.3) is 11.1 Å². The van der Waals surface area contributed by atoms with Crippen molar-refractivity contribution in [2.75, 3.05) is 178 Å². The number of ketones is 1. The molecule has 0 bridgehead atoms. The molecule has 0 saturated carbocycles. The maximum atomic E-state index is 12.3. The number of carbonyl (C=O) groups is 4. The molecular formula is C47H71NO19. The number of carboxylic acids is 1. The van der Waals surface area contributed by atoms with Crippen molar-refractivity contribution in [1.82, 2.24) is 5.32 Å². The summed E-state index contributed by atoms with van der Waals surface area (Å²) in [5.74, 6) is -3.21. The fraction of sp³-hybridized carbons (Fsp3) is 0.660. The fourth-order valence-corrected chi connectivity index (χ4v) is 6.14. The van der Waals surface area contributed by atoms with Gasteiger partial charge >= 0.3 is 18.0 Å². The second-order valence-electron chi connectivity index (χ2n) is 14.4.